The van der Waals surface area contributed by atoms with Gasteiger partial charge in [-0.15, -0.1) is 0 Å². The number of nitrogens with zero attached hydrogens (tertiary/aromatic N) is 3. The molecular weight excluding hydrogens is 248 g/mol. The molecule has 5 heteroatoms. The monoisotopic (exact) mass is 262 g/mol. The first kappa shape index (κ1) is 12.8. The maximum atomic E-state index is 5.94. The van der Waals surface area contributed by atoms with Gasteiger partial charge in [0.05, 0.1) is 0 Å². The summed E-state index contributed by atoms with van der Waals surface area (Å²) in [6.07, 6.45) is 4.40. The van der Waals surface area contributed by atoms with Crippen molar-refractivity contribution in [3.8, 4) is 0 Å². The van der Waals surface area contributed by atoms with E-state index in [1.807, 2.05) is 26.1 Å². The van der Waals surface area contributed by atoms with Crippen LogP contribution in [0.25, 0.3) is 0 Å². The number of halogens is 1. The van der Waals surface area contributed by atoms with Crippen LogP contribution in [0.4, 0.5) is 5.82 Å². The van der Waals surface area contributed by atoms with Crippen LogP contribution in [0.15, 0.2) is 24.5 Å². The zero-order chi connectivity index (χ0) is 13.0. The van der Waals surface area contributed by atoms with Crippen molar-refractivity contribution in [1.29, 1.82) is 0 Å². The Morgan fingerprint density at radius 3 is 2.89 bits per heavy atom. The molecule has 0 fully saturated rings. The number of aromatic nitrogens is 3. The van der Waals surface area contributed by atoms with Gasteiger partial charge in [0.1, 0.15) is 16.8 Å². The average molecular weight is 263 g/mol. The number of pyridine rings is 1. The number of aryl methyl sites for hydroxylation is 2. The third-order valence-corrected chi connectivity index (χ3v) is 2.85. The summed E-state index contributed by atoms with van der Waals surface area (Å²) in [7, 11) is 0. The van der Waals surface area contributed by atoms with Crippen molar-refractivity contribution >= 4 is 17.4 Å². The van der Waals surface area contributed by atoms with Crippen molar-refractivity contribution in [2.24, 2.45) is 0 Å². The molecule has 0 aliphatic carbocycles. The van der Waals surface area contributed by atoms with Crippen LogP contribution in [0.1, 0.15) is 23.9 Å². The Bertz CT molecular complexity index is 542. The lowest BCUT2D eigenvalue weighted by atomic mass is 10.1. The fourth-order valence-corrected chi connectivity index (χ4v) is 1.80. The highest BCUT2D eigenvalue weighted by Crippen LogP contribution is 2.14. The van der Waals surface area contributed by atoms with Crippen molar-refractivity contribution in [3.05, 3.63) is 46.6 Å². The van der Waals surface area contributed by atoms with Gasteiger partial charge in [0.15, 0.2) is 0 Å². The second-order valence-electron chi connectivity index (χ2n) is 4.00. The minimum Gasteiger partial charge on any atom is -0.366 e. The Balaban J connectivity index is 2.11. The Kier molecular flexibility index (Phi) is 4.10. The van der Waals surface area contributed by atoms with Crippen LogP contribution in [0.3, 0.4) is 0 Å². The molecule has 0 bridgehead atoms. The molecule has 0 atom stereocenters. The van der Waals surface area contributed by atoms with E-state index in [1.165, 1.54) is 5.56 Å². The molecule has 0 saturated carbocycles. The van der Waals surface area contributed by atoms with Crippen LogP contribution < -0.4 is 5.32 Å². The van der Waals surface area contributed by atoms with E-state index >= 15 is 0 Å². The Morgan fingerprint density at radius 2 is 2.17 bits per heavy atom. The van der Waals surface area contributed by atoms with Crippen LogP contribution in [0, 0.1) is 6.92 Å². The first-order valence-electron chi connectivity index (χ1n) is 5.86. The third-order valence-electron chi connectivity index (χ3n) is 2.65. The quantitative estimate of drug-likeness (QED) is 0.861. The molecule has 94 valence electrons. The number of hydrogen-bond donors (Lipinski definition) is 1. The summed E-state index contributed by atoms with van der Waals surface area (Å²) in [5.41, 5.74) is 2.35. The van der Waals surface area contributed by atoms with Crippen molar-refractivity contribution in [1.82, 2.24) is 15.0 Å². The van der Waals surface area contributed by atoms with E-state index in [-0.39, 0.29) is 0 Å². The van der Waals surface area contributed by atoms with E-state index in [2.05, 4.69) is 20.3 Å². The summed E-state index contributed by atoms with van der Waals surface area (Å²) in [6, 6.07) is 3.73. The van der Waals surface area contributed by atoms with Crippen molar-refractivity contribution in [3.63, 3.8) is 0 Å². The van der Waals surface area contributed by atoms with Crippen LogP contribution >= 0.6 is 11.6 Å². The highest BCUT2D eigenvalue weighted by molar-refractivity contribution is 6.29. The molecule has 2 rings (SSSR count). The van der Waals surface area contributed by atoms with Gasteiger partial charge in [-0.25, -0.2) is 9.97 Å². The fraction of sp³-hybridized carbons (Fsp3) is 0.308. The van der Waals surface area contributed by atoms with Gasteiger partial charge in [-0.2, -0.15) is 0 Å². The molecule has 2 aromatic heterocycles. The Morgan fingerprint density at radius 1 is 1.33 bits per heavy atom. The first-order chi connectivity index (χ1) is 8.69. The smallest absolute Gasteiger partial charge is 0.134 e. The lowest BCUT2D eigenvalue weighted by Gasteiger charge is -2.09. The van der Waals surface area contributed by atoms with E-state index in [0.29, 0.717) is 11.7 Å². The largest absolute Gasteiger partial charge is 0.366 e. The van der Waals surface area contributed by atoms with E-state index in [1.54, 1.807) is 12.3 Å². The second-order valence-corrected chi connectivity index (χ2v) is 4.39. The highest BCUT2D eigenvalue weighted by Gasteiger charge is 2.03. The lowest BCUT2D eigenvalue weighted by Crippen LogP contribution is -2.05. The highest BCUT2D eigenvalue weighted by atomic mass is 35.5. The molecule has 0 saturated heterocycles. The molecule has 1 N–H and O–H groups in total. The molecule has 0 aliphatic rings. The molecule has 4 nitrogen and oxygen atoms in total. The lowest BCUT2D eigenvalue weighted by molar-refractivity contribution is 0.931. The van der Waals surface area contributed by atoms with Gasteiger partial charge in [-0.1, -0.05) is 18.5 Å². The molecule has 0 amide bonds. The van der Waals surface area contributed by atoms with Gasteiger partial charge in [0.25, 0.3) is 0 Å². The third kappa shape index (κ3) is 3.17. The fourth-order valence-electron chi connectivity index (χ4n) is 1.60. The minimum absolute atomic E-state index is 0.468. The Hall–Kier alpha value is -1.68. The molecular formula is C13H15ClN4. The first-order valence-corrected chi connectivity index (χ1v) is 6.23. The summed E-state index contributed by atoms with van der Waals surface area (Å²) >= 11 is 5.94. The van der Waals surface area contributed by atoms with Gasteiger partial charge in [0, 0.05) is 31.4 Å². The standard InChI is InChI=1S/C13H15ClN4/c1-3-12-17-11(14)6-13(18-12)16-8-10-4-5-15-7-9(10)2/h4-7H,3,8H2,1-2H3,(H,16,17,18). The molecule has 2 heterocycles. The van der Waals surface area contributed by atoms with Gasteiger partial charge in [-0.3, -0.25) is 4.98 Å². The summed E-state index contributed by atoms with van der Waals surface area (Å²) in [6.45, 7) is 4.74. The predicted molar refractivity (Wildman–Crippen MR) is 72.7 cm³/mol. The van der Waals surface area contributed by atoms with E-state index < -0.39 is 0 Å². The summed E-state index contributed by atoms with van der Waals surface area (Å²) in [5, 5.41) is 3.72. The second kappa shape index (κ2) is 5.78. The van der Waals surface area contributed by atoms with E-state index in [4.69, 9.17) is 11.6 Å². The SMILES string of the molecule is CCc1nc(Cl)cc(NCc2ccncc2C)n1. The zero-order valence-electron chi connectivity index (χ0n) is 10.4. The minimum atomic E-state index is 0.468. The normalized spacial score (nSPS) is 10.4. The topological polar surface area (TPSA) is 50.7 Å². The number of hydrogen-bond acceptors (Lipinski definition) is 4. The average Bonchev–Trinajstić information content (AvgIpc) is 2.37. The molecule has 18 heavy (non-hydrogen) atoms. The van der Waals surface area contributed by atoms with Crippen molar-refractivity contribution in [2.45, 2.75) is 26.8 Å². The maximum absolute atomic E-state index is 5.94. The maximum Gasteiger partial charge on any atom is 0.134 e. The van der Waals surface area contributed by atoms with Gasteiger partial charge in [0.2, 0.25) is 0 Å². The van der Waals surface area contributed by atoms with Crippen molar-refractivity contribution < 1.29 is 0 Å². The van der Waals surface area contributed by atoms with Crippen molar-refractivity contribution in [2.75, 3.05) is 5.32 Å². The molecule has 0 aliphatic heterocycles. The molecule has 0 aromatic carbocycles. The number of rotatable bonds is 4. The molecule has 0 radical (unpaired) electrons. The number of nitrogens with one attached hydrogen (secondary N) is 1. The Labute approximate surface area is 111 Å². The molecule has 0 unspecified atom stereocenters. The molecule has 2 aromatic rings. The zero-order valence-corrected chi connectivity index (χ0v) is 11.2. The molecule has 0 spiro atoms. The van der Waals surface area contributed by atoms with E-state index in [9.17, 15) is 0 Å². The van der Waals surface area contributed by atoms with Gasteiger partial charge in [-0.05, 0) is 24.1 Å². The van der Waals surface area contributed by atoms with E-state index in [0.717, 1.165) is 23.6 Å². The predicted octanol–water partition coefficient (Wildman–Crippen LogP) is 3.01. The van der Waals surface area contributed by atoms with Gasteiger partial charge >= 0.3 is 0 Å². The number of anilines is 1. The van der Waals surface area contributed by atoms with Gasteiger partial charge < -0.3 is 5.32 Å². The van der Waals surface area contributed by atoms with Crippen LogP contribution in [0.2, 0.25) is 5.15 Å². The van der Waals surface area contributed by atoms with Crippen LogP contribution in [-0.2, 0) is 13.0 Å². The summed E-state index contributed by atoms with van der Waals surface area (Å²) < 4.78 is 0. The summed E-state index contributed by atoms with van der Waals surface area (Å²) in [4.78, 5) is 12.6. The van der Waals surface area contributed by atoms with Crippen LogP contribution in [-0.4, -0.2) is 15.0 Å². The summed E-state index contributed by atoms with van der Waals surface area (Å²) in [5.74, 6) is 1.50. The van der Waals surface area contributed by atoms with Crippen LogP contribution in [0.5, 0.6) is 0 Å².